The van der Waals surface area contributed by atoms with Crippen LogP contribution in [0.5, 0.6) is 0 Å². The van der Waals surface area contributed by atoms with Crippen LogP contribution < -0.4 is 5.32 Å². The third-order valence-corrected chi connectivity index (χ3v) is 3.42. The second-order valence-electron chi connectivity index (χ2n) is 5.28. The molecule has 2 aromatic carbocycles. The Balaban J connectivity index is 1.69. The van der Waals surface area contributed by atoms with Crippen molar-refractivity contribution in [2.75, 3.05) is 12.4 Å². The van der Waals surface area contributed by atoms with Crippen LogP contribution in [0.4, 0.5) is 10.5 Å². The summed E-state index contributed by atoms with van der Waals surface area (Å²) in [6.07, 6.45) is 0. The molecule has 0 unspecified atom stereocenters. The van der Waals surface area contributed by atoms with E-state index in [0.717, 1.165) is 27.9 Å². The smallest absolute Gasteiger partial charge is 0.321 e. The summed E-state index contributed by atoms with van der Waals surface area (Å²) in [5, 5.41) is 9.02. The molecule has 0 aliphatic carbocycles. The standard InChI is InChI=1S/C17H17N3O2/c1-12-9-16(19-22-12)11-20(2)17(21)18-15-8-7-13-5-3-4-6-14(13)10-15/h3-10H,11H2,1-2H3,(H,18,21). The monoisotopic (exact) mass is 295 g/mol. The minimum Gasteiger partial charge on any atom is -0.361 e. The molecule has 0 bridgehead atoms. The van der Waals surface area contributed by atoms with E-state index < -0.39 is 0 Å². The third kappa shape index (κ3) is 3.09. The van der Waals surface area contributed by atoms with Gasteiger partial charge in [0.05, 0.1) is 6.54 Å². The molecule has 0 radical (unpaired) electrons. The minimum atomic E-state index is -0.184. The molecule has 0 aliphatic rings. The normalized spacial score (nSPS) is 10.6. The Hall–Kier alpha value is -2.82. The minimum absolute atomic E-state index is 0.184. The fourth-order valence-electron chi connectivity index (χ4n) is 2.29. The number of anilines is 1. The number of carbonyl (C=O) groups is 1. The van der Waals surface area contributed by atoms with Gasteiger partial charge in [-0.25, -0.2) is 4.79 Å². The molecule has 1 aromatic heterocycles. The number of nitrogens with one attached hydrogen (secondary N) is 1. The molecular formula is C17H17N3O2. The van der Waals surface area contributed by atoms with Gasteiger partial charge >= 0.3 is 6.03 Å². The van der Waals surface area contributed by atoms with E-state index in [1.165, 1.54) is 0 Å². The highest BCUT2D eigenvalue weighted by Gasteiger charge is 2.11. The molecule has 3 rings (SSSR count). The number of hydrogen-bond donors (Lipinski definition) is 1. The second kappa shape index (κ2) is 5.89. The topological polar surface area (TPSA) is 58.4 Å². The van der Waals surface area contributed by atoms with Gasteiger partial charge in [0.1, 0.15) is 11.5 Å². The average Bonchev–Trinajstić information content (AvgIpc) is 2.92. The number of urea groups is 1. The van der Waals surface area contributed by atoms with Crippen molar-refractivity contribution in [2.45, 2.75) is 13.5 Å². The Morgan fingerprint density at radius 1 is 1.18 bits per heavy atom. The van der Waals surface area contributed by atoms with E-state index in [1.54, 1.807) is 11.9 Å². The maximum absolute atomic E-state index is 12.2. The van der Waals surface area contributed by atoms with Crippen LogP contribution in [-0.2, 0) is 6.54 Å². The summed E-state index contributed by atoms with van der Waals surface area (Å²) in [6, 6.07) is 15.5. The Bertz CT molecular complexity index is 810. The van der Waals surface area contributed by atoms with Crippen LogP contribution >= 0.6 is 0 Å². The van der Waals surface area contributed by atoms with Crippen molar-refractivity contribution in [3.05, 3.63) is 60.0 Å². The summed E-state index contributed by atoms with van der Waals surface area (Å²) in [4.78, 5) is 13.8. The maximum Gasteiger partial charge on any atom is 0.321 e. The lowest BCUT2D eigenvalue weighted by Crippen LogP contribution is -2.30. The van der Waals surface area contributed by atoms with Gasteiger partial charge in [0.25, 0.3) is 0 Å². The average molecular weight is 295 g/mol. The van der Waals surface area contributed by atoms with Crippen molar-refractivity contribution in [1.29, 1.82) is 0 Å². The van der Waals surface area contributed by atoms with Crippen molar-refractivity contribution in [1.82, 2.24) is 10.1 Å². The number of hydrogen-bond acceptors (Lipinski definition) is 3. The molecule has 0 aliphatic heterocycles. The number of fused-ring (bicyclic) bond motifs is 1. The number of carbonyl (C=O) groups excluding carboxylic acids is 1. The van der Waals surface area contributed by atoms with Gasteiger partial charge < -0.3 is 14.7 Å². The van der Waals surface area contributed by atoms with Crippen LogP contribution in [0.3, 0.4) is 0 Å². The zero-order valence-corrected chi connectivity index (χ0v) is 12.5. The molecule has 0 fully saturated rings. The van der Waals surface area contributed by atoms with Gasteiger partial charge in [-0.15, -0.1) is 0 Å². The van der Waals surface area contributed by atoms with E-state index in [4.69, 9.17) is 4.52 Å². The zero-order chi connectivity index (χ0) is 15.5. The van der Waals surface area contributed by atoms with Crippen LogP contribution in [0, 0.1) is 6.92 Å². The first-order valence-electron chi connectivity index (χ1n) is 7.05. The number of aryl methyl sites for hydroxylation is 1. The number of aromatic nitrogens is 1. The molecule has 3 aromatic rings. The van der Waals surface area contributed by atoms with Crippen LogP contribution in [0.25, 0.3) is 10.8 Å². The molecule has 5 nitrogen and oxygen atoms in total. The molecular weight excluding hydrogens is 278 g/mol. The highest BCUT2D eigenvalue weighted by atomic mass is 16.5. The van der Waals surface area contributed by atoms with Crippen molar-refractivity contribution in [2.24, 2.45) is 0 Å². The third-order valence-electron chi connectivity index (χ3n) is 3.42. The lowest BCUT2D eigenvalue weighted by Gasteiger charge is -2.16. The Morgan fingerprint density at radius 3 is 2.68 bits per heavy atom. The summed E-state index contributed by atoms with van der Waals surface area (Å²) in [7, 11) is 1.72. The fraction of sp³-hybridized carbons (Fsp3) is 0.176. The van der Waals surface area contributed by atoms with Crippen molar-refractivity contribution >= 4 is 22.5 Å². The number of benzene rings is 2. The lowest BCUT2D eigenvalue weighted by atomic mass is 10.1. The second-order valence-corrected chi connectivity index (χ2v) is 5.28. The molecule has 2 amide bonds. The van der Waals surface area contributed by atoms with Gasteiger partial charge in [0.2, 0.25) is 0 Å². The van der Waals surface area contributed by atoms with Crippen LogP contribution in [0.1, 0.15) is 11.5 Å². The van der Waals surface area contributed by atoms with E-state index >= 15 is 0 Å². The predicted octanol–water partition coefficient (Wildman–Crippen LogP) is 3.80. The van der Waals surface area contributed by atoms with Crippen LogP contribution in [-0.4, -0.2) is 23.1 Å². The lowest BCUT2D eigenvalue weighted by molar-refractivity contribution is 0.219. The highest BCUT2D eigenvalue weighted by Crippen LogP contribution is 2.19. The highest BCUT2D eigenvalue weighted by molar-refractivity contribution is 5.93. The van der Waals surface area contributed by atoms with Crippen LogP contribution in [0.2, 0.25) is 0 Å². The summed E-state index contributed by atoms with van der Waals surface area (Å²) >= 11 is 0. The number of amides is 2. The molecule has 0 saturated heterocycles. The van der Waals surface area contributed by atoms with Gasteiger partial charge in [-0.2, -0.15) is 0 Å². The van der Waals surface area contributed by atoms with Gasteiger partial charge in [-0.05, 0) is 29.8 Å². The molecule has 5 heteroatoms. The van der Waals surface area contributed by atoms with E-state index in [0.29, 0.717) is 6.54 Å². The summed E-state index contributed by atoms with van der Waals surface area (Å²) in [5.74, 6) is 0.735. The van der Waals surface area contributed by atoms with E-state index in [9.17, 15) is 4.79 Å². The molecule has 22 heavy (non-hydrogen) atoms. The zero-order valence-electron chi connectivity index (χ0n) is 12.5. The SMILES string of the molecule is Cc1cc(CN(C)C(=O)Nc2ccc3ccccc3c2)no1. The summed E-state index contributed by atoms with van der Waals surface area (Å²) in [6.45, 7) is 2.22. The molecule has 112 valence electrons. The Kier molecular flexibility index (Phi) is 3.78. The summed E-state index contributed by atoms with van der Waals surface area (Å²) < 4.78 is 5.00. The van der Waals surface area contributed by atoms with Crippen LogP contribution in [0.15, 0.2) is 53.1 Å². The predicted molar refractivity (Wildman–Crippen MR) is 85.7 cm³/mol. The van der Waals surface area contributed by atoms with E-state index in [2.05, 4.69) is 10.5 Å². The molecule has 1 N–H and O–H groups in total. The quantitative estimate of drug-likeness (QED) is 0.799. The Labute approximate surface area is 128 Å². The van der Waals surface area contributed by atoms with E-state index in [-0.39, 0.29) is 6.03 Å². The van der Waals surface area contributed by atoms with Crippen molar-refractivity contribution in [3.8, 4) is 0 Å². The molecule has 0 atom stereocenters. The van der Waals surface area contributed by atoms with Gasteiger partial charge in [-0.1, -0.05) is 35.5 Å². The Morgan fingerprint density at radius 2 is 1.95 bits per heavy atom. The van der Waals surface area contributed by atoms with Gasteiger partial charge in [0, 0.05) is 18.8 Å². The van der Waals surface area contributed by atoms with Gasteiger partial charge in [0.15, 0.2) is 0 Å². The first-order chi connectivity index (χ1) is 10.6. The molecule has 1 heterocycles. The number of nitrogens with zero attached hydrogens (tertiary/aromatic N) is 2. The first kappa shape index (κ1) is 14.1. The molecule has 0 saturated carbocycles. The van der Waals surface area contributed by atoms with Crippen molar-refractivity contribution < 1.29 is 9.32 Å². The molecule has 0 spiro atoms. The largest absolute Gasteiger partial charge is 0.361 e. The van der Waals surface area contributed by atoms with E-state index in [1.807, 2.05) is 55.5 Å². The summed E-state index contributed by atoms with van der Waals surface area (Å²) in [5.41, 5.74) is 1.50. The van der Waals surface area contributed by atoms with Gasteiger partial charge in [-0.3, -0.25) is 0 Å². The van der Waals surface area contributed by atoms with Crippen molar-refractivity contribution in [3.63, 3.8) is 0 Å². The fourth-order valence-corrected chi connectivity index (χ4v) is 2.29. The first-order valence-corrected chi connectivity index (χ1v) is 7.05. The number of rotatable bonds is 3. The maximum atomic E-state index is 12.2.